The molecule has 0 saturated carbocycles. The summed E-state index contributed by atoms with van der Waals surface area (Å²) in [7, 11) is 0. The summed E-state index contributed by atoms with van der Waals surface area (Å²) in [6, 6.07) is 14.2. The molecule has 0 aliphatic rings. The first-order chi connectivity index (χ1) is 14.9. The average Bonchev–Trinajstić information content (AvgIpc) is 2.72. The number of hydrogen-bond donors (Lipinski definition) is 1. The molecule has 0 bridgehead atoms. The second-order valence-electron chi connectivity index (χ2n) is 6.79. The van der Waals surface area contributed by atoms with Crippen LogP contribution in [0.1, 0.15) is 34.0 Å². The van der Waals surface area contributed by atoms with Crippen LogP contribution in [0.3, 0.4) is 0 Å². The zero-order valence-electron chi connectivity index (χ0n) is 17.1. The van der Waals surface area contributed by atoms with E-state index in [1.807, 2.05) is 38.1 Å². The van der Waals surface area contributed by atoms with Gasteiger partial charge in [0.05, 0.1) is 29.4 Å². The number of hydrazone groups is 1. The van der Waals surface area contributed by atoms with E-state index in [1.54, 1.807) is 24.4 Å². The molecule has 0 saturated heterocycles. The van der Waals surface area contributed by atoms with E-state index in [-0.39, 0.29) is 5.56 Å². The molecule has 3 rings (SSSR count). The molecular formula is C23H21Cl2N3O3. The van der Waals surface area contributed by atoms with E-state index in [0.29, 0.717) is 34.5 Å². The van der Waals surface area contributed by atoms with Crippen molar-refractivity contribution in [1.29, 1.82) is 0 Å². The Bertz CT molecular complexity index is 1170. The highest BCUT2D eigenvalue weighted by Crippen LogP contribution is 2.33. The molecule has 2 aromatic carbocycles. The van der Waals surface area contributed by atoms with Crippen LogP contribution in [-0.4, -0.2) is 23.3 Å². The lowest BCUT2D eigenvalue weighted by Gasteiger charge is -2.09. The number of amides is 1. The van der Waals surface area contributed by atoms with Gasteiger partial charge in [-0.3, -0.25) is 9.59 Å². The summed E-state index contributed by atoms with van der Waals surface area (Å²) >= 11 is 12.3. The van der Waals surface area contributed by atoms with Gasteiger partial charge in [-0.05, 0) is 49.2 Å². The molecule has 31 heavy (non-hydrogen) atoms. The molecule has 0 aliphatic heterocycles. The Balaban J connectivity index is 1.73. The summed E-state index contributed by atoms with van der Waals surface area (Å²) in [5, 5.41) is 4.59. The molecule has 6 nitrogen and oxygen atoms in total. The van der Waals surface area contributed by atoms with Gasteiger partial charge in [0.15, 0.2) is 5.75 Å². The molecule has 0 spiro atoms. The fourth-order valence-corrected chi connectivity index (χ4v) is 3.62. The largest absolute Gasteiger partial charge is 0.491 e. The maximum atomic E-state index is 12.7. The number of rotatable bonds is 7. The monoisotopic (exact) mass is 457 g/mol. The number of aryl methyl sites for hydroxylation is 1. The minimum Gasteiger partial charge on any atom is -0.491 e. The van der Waals surface area contributed by atoms with Crippen LogP contribution in [-0.2, 0) is 6.54 Å². The van der Waals surface area contributed by atoms with E-state index in [0.717, 1.165) is 11.1 Å². The quantitative estimate of drug-likeness (QED) is 0.413. The summed E-state index contributed by atoms with van der Waals surface area (Å²) < 4.78 is 6.87. The first kappa shape index (κ1) is 22.6. The average molecular weight is 458 g/mol. The van der Waals surface area contributed by atoms with E-state index in [2.05, 4.69) is 10.5 Å². The second kappa shape index (κ2) is 10.3. The lowest BCUT2D eigenvalue weighted by Crippen LogP contribution is -2.30. The molecule has 0 aliphatic carbocycles. The Hall–Kier alpha value is -3.09. The predicted molar refractivity (Wildman–Crippen MR) is 124 cm³/mol. The third-order valence-electron chi connectivity index (χ3n) is 4.39. The van der Waals surface area contributed by atoms with Crippen LogP contribution in [0, 0.1) is 6.92 Å². The van der Waals surface area contributed by atoms with E-state index in [4.69, 9.17) is 27.9 Å². The third kappa shape index (κ3) is 5.75. The molecule has 0 atom stereocenters. The van der Waals surface area contributed by atoms with E-state index in [1.165, 1.54) is 16.8 Å². The second-order valence-corrected chi connectivity index (χ2v) is 7.60. The topological polar surface area (TPSA) is 72.7 Å². The first-order valence-corrected chi connectivity index (χ1v) is 10.3. The number of ether oxygens (including phenoxy) is 1. The third-order valence-corrected chi connectivity index (χ3v) is 4.95. The van der Waals surface area contributed by atoms with Gasteiger partial charge in [-0.2, -0.15) is 5.10 Å². The van der Waals surface area contributed by atoms with Gasteiger partial charge in [0, 0.05) is 6.20 Å². The number of aromatic nitrogens is 1. The number of pyridine rings is 1. The van der Waals surface area contributed by atoms with Crippen molar-refractivity contribution in [3.8, 4) is 5.75 Å². The maximum absolute atomic E-state index is 12.7. The Kier molecular flexibility index (Phi) is 7.50. The minimum atomic E-state index is -0.608. The molecule has 0 unspecified atom stereocenters. The SMILES string of the molecule is CCOc1c(Cl)cc(/C=N\NC(=O)c2cccn(Cc3cccc(C)c3)c2=O)cc1Cl. The molecule has 8 heteroatoms. The lowest BCUT2D eigenvalue weighted by atomic mass is 10.1. The molecule has 160 valence electrons. The fraction of sp³-hybridized carbons (Fsp3) is 0.174. The van der Waals surface area contributed by atoms with Gasteiger partial charge in [0.25, 0.3) is 11.5 Å². The molecule has 0 radical (unpaired) electrons. The van der Waals surface area contributed by atoms with Crippen LogP contribution in [0.25, 0.3) is 0 Å². The van der Waals surface area contributed by atoms with Gasteiger partial charge in [0.1, 0.15) is 5.56 Å². The van der Waals surface area contributed by atoms with Crippen molar-refractivity contribution in [2.45, 2.75) is 20.4 Å². The fourth-order valence-electron chi connectivity index (χ4n) is 3.00. The van der Waals surface area contributed by atoms with Crippen LogP contribution in [0.5, 0.6) is 5.75 Å². The molecule has 1 aromatic heterocycles. The summed E-state index contributed by atoms with van der Waals surface area (Å²) in [5.41, 5.74) is 4.61. The molecule has 1 amide bonds. The van der Waals surface area contributed by atoms with Crippen LogP contribution in [0.2, 0.25) is 10.0 Å². The van der Waals surface area contributed by atoms with Gasteiger partial charge >= 0.3 is 0 Å². The first-order valence-electron chi connectivity index (χ1n) is 9.59. The van der Waals surface area contributed by atoms with Crippen molar-refractivity contribution in [3.63, 3.8) is 0 Å². The molecule has 1 N–H and O–H groups in total. The molecule has 3 aromatic rings. The highest BCUT2D eigenvalue weighted by molar-refractivity contribution is 6.37. The van der Waals surface area contributed by atoms with Gasteiger partial charge in [-0.15, -0.1) is 0 Å². The van der Waals surface area contributed by atoms with Crippen molar-refractivity contribution in [1.82, 2.24) is 9.99 Å². The molecule has 0 fully saturated rings. The van der Waals surface area contributed by atoms with Gasteiger partial charge in [-0.25, -0.2) is 5.43 Å². The Morgan fingerprint density at radius 3 is 2.58 bits per heavy atom. The van der Waals surface area contributed by atoms with Gasteiger partial charge in [0.2, 0.25) is 0 Å². The highest BCUT2D eigenvalue weighted by atomic mass is 35.5. The number of nitrogens with one attached hydrogen (secondary N) is 1. The van der Waals surface area contributed by atoms with Crippen LogP contribution < -0.4 is 15.7 Å². The van der Waals surface area contributed by atoms with Crippen LogP contribution >= 0.6 is 23.2 Å². The number of halogens is 2. The molecule has 1 heterocycles. The Labute approximate surface area is 190 Å². The maximum Gasteiger partial charge on any atom is 0.276 e. The number of carbonyl (C=O) groups is 1. The van der Waals surface area contributed by atoms with Crippen molar-refractivity contribution >= 4 is 35.3 Å². The van der Waals surface area contributed by atoms with Crippen LogP contribution in [0.4, 0.5) is 0 Å². The molecular weight excluding hydrogens is 437 g/mol. The van der Waals surface area contributed by atoms with E-state index >= 15 is 0 Å². The Morgan fingerprint density at radius 1 is 1.16 bits per heavy atom. The number of benzene rings is 2. The number of hydrogen-bond acceptors (Lipinski definition) is 4. The van der Waals surface area contributed by atoms with Crippen LogP contribution in [0.15, 0.2) is 64.6 Å². The normalized spacial score (nSPS) is 11.0. The number of nitrogens with zero attached hydrogens (tertiary/aromatic N) is 2. The Morgan fingerprint density at radius 2 is 1.90 bits per heavy atom. The summed E-state index contributed by atoms with van der Waals surface area (Å²) in [6.45, 7) is 4.62. The zero-order chi connectivity index (χ0) is 22.4. The van der Waals surface area contributed by atoms with E-state index < -0.39 is 11.5 Å². The van der Waals surface area contributed by atoms with E-state index in [9.17, 15) is 9.59 Å². The van der Waals surface area contributed by atoms with Gasteiger partial charge < -0.3 is 9.30 Å². The smallest absolute Gasteiger partial charge is 0.276 e. The summed E-state index contributed by atoms with van der Waals surface area (Å²) in [6.07, 6.45) is 3.04. The highest BCUT2D eigenvalue weighted by Gasteiger charge is 2.12. The van der Waals surface area contributed by atoms with Crippen molar-refractivity contribution in [2.75, 3.05) is 6.61 Å². The standard InChI is InChI=1S/C23H21Cl2N3O3/c1-3-31-21-19(24)11-17(12-20(21)25)13-26-27-22(29)18-8-5-9-28(23(18)30)14-16-7-4-6-15(2)10-16/h4-13H,3,14H2,1-2H3,(H,27,29)/b26-13-. The predicted octanol–water partition coefficient (Wildman–Crippen LogP) is 4.67. The van der Waals surface area contributed by atoms with Crippen molar-refractivity contribution in [3.05, 3.63) is 97.4 Å². The minimum absolute atomic E-state index is 0.00457. The summed E-state index contributed by atoms with van der Waals surface area (Å²) in [4.78, 5) is 25.2. The van der Waals surface area contributed by atoms with Crippen molar-refractivity contribution in [2.24, 2.45) is 5.10 Å². The lowest BCUT2D eigenvalue weighted by molar-refractivity contribution is 0.0953. The number of carbonyl (C=O) groups excluding carboxylic acids is 1. The van der Waals surface area contributed by atoms with Gasteiger partial charge in [-0.1, -0.05) is 53.0 Å². The zero-order valence-corrected chi connectivity index (χ0v) is 18.6. The van der Waals surface area contributed by atoms with Crippen molar-refractivity contribution < 1.29 is 9.53 Å². The summed E-state index contributed by atoms with van der Waals surface area (Å²) in [5.74, 6) is -0.214.